The van der Waals surface area contributed by atoms with Crippen LogP contribution in [0.4, 0.5) is 0 Å². The maximum absolute atomic E-state index is 5.93. The van der Waals surface area contributed by atoms with Gasteiger partial charge in [-0.15, -0.1) is 0 Å². The molecule has 0 aromatic carbocycles. The maximum atomic E-state index is 5.93. The molecule has 3 heteroatoms. The lowest BCUT2D eigenvalue weighted by atomic mass is 9.82. The van der Waals surface area contributed by atoms with Crippen molar-refractivity contribution in [1.82, 2.24) is 9.80 Å². The summed E-state index contributed by atoms with van der Waals surface area (Å²) in [6.45, 7) is 4.89. The van der Waals surface area contributed by atoms with E-state index in [1.807, 2.05) is 0 Å². The van der Waals surface area contributed by atoms with Crippen molar-refractivity contribution in [2.75, 3.05) is 33.2 Å². The lowest BCUT2D eigenvalue weighted by Crippen LogP contribution is -2.59. The van der Waals surface area contributed by atoms with Crippen LogP contribution >= 0.6 is 0 Å². The second kappa shape index (κ2) is 4.87. The van der Waals surface area contributed by atoms with Crippen molar-refractivity contribution in [3.8, 4) is 0 Å². The zero-order chi connectivity index (χ0) is 11.8. The van der Waals surface area contributed by atoms with Crippen LogP contribution in [0.1, 0.15) is 32.1 Å². The van der Waals surface area contributed by atoms with Crippen LogP contribution in [0.5, 0.6) is 0 Å². The Morgan fingerprint density at radius 1 is 1.12 bits per heavy atom. The molecular formula is C14H27N3. The molecule has 98 valence electrons. The number of hydrogen-bond acceptors (Lipinski definition) is 3. The third kappa shape index (κ3) is 2.13. The van der Waals surface area contributed by atoms with E-state index in [1.54, 1.807) is 0 Å². The molecule has 3 unspecified atom stereocenters. The Morgan fingerprint density at radius 2 is 1.88 bits per heavy atom. The quantitative estimate of drug-likeness (QED) is 0.799. The first-order valence-electron chi connectivity index (χ1n) is 7.44. The topological polar surface area (TPSA) is 32.5 Å². The third-order valence-corrected chi connectivity index (χ3v) is 5.59. The second-order valence-corrected chi connectivity index (χ2v) is 6.36. The number of rotatable bonds is 3. The summed E-state index contributed by atoms with van der Waals surface area (Å²) in [5.74, 6) is 1.72. The van der Waals surface area contributed by atoms with E-state index in [4.69, 9.17) is 5.73 Å². The van der Waals surface area contributed by atoms with E-state index in [0.717, 1.165) is 30.5 Å². The number of likely N-dealkylation sites (N-methyl/N-ethyl adjacent to an activating group) is 1. The van der Waals surface area contributed by atoms with E-state index in [-0.39, 0.29) is 0 Å². The van der Waals surface area contributed by atoms with Crippen LogP contribution in [0.25, 0.3) is 0 Å². The summed E-state index contributed by atoms with van der Waals surface area (Å²) in [5, 5.41) is 0. The van der Waals surface area contributed by atoms with Crippen molar-refractivity contribution in [3.05, 3.63) is 0 Å². The summed E-state index contributed by atoms with van der Waals surface area (Å²) in [5.41, 5.74) is 5.93. The summed E-state index contributed by atoms with van der Waals surface area (Å²) in [6, 6.07) is 1.58. The molecule has 3 nitrogen and oxygen atoms in total. The molecule has 3 heterocycles. The monoisotopic (exact) mass is 237 g/mol. The molecule has 0 radical (unpaired) electrons. The molecule has 0 aromatic rings. The Bertz CT molecular complexity index is 260. The first kappa shape index (κ1) is 11.9. The predicted molar refractivity (Wildman–Crippen MR) is 70.9 cm³/mol. The van der Waals surface area contributed by atoms with Gasteiger partial charge in [0.1, 0.15) is 0 Å². The van der Waals surface area contributed by atoms with Gasteiger partial charge in [-0.1, -0.05) is 6.42 Å². The molecule has 1 saturated carbocycles. The molecule has 4 fully saturated rings. The molecule has 2 bridgehead atoms. The first-order valence-corrected chi connectivity index (χ1v) is 7.44. The summed E-state index contributed by atoms with van der Waals surface area (Å²) < 4.78 is 0. The molecule has 4 aliphatic rings. The summed E-state index contributed by atoms with van der Waals surface area (Å²) in [7, 11) is 2.37. The van der Waals surface area contributed by atoms with Crippen molar-refractivity contribution >= 4 is 0 Å². The molecule has 3 saturated heterocycles. The zero-order valence-corrected chi connectivity index (χ0v) is 11.1. The fraction of sp³-hybridized carbons (Fsp3) is 1.00. The van der Waals surface area contributed by atoms with E-state index in [1.165, 1.54) is 51.7 Å². The van der Waals surface area contributed by atoms with Crippen LogP contribution in [-0.4, -0.2) is 55.1 Å². The van der Waals surface area contributed by atoms with Crippen molar-refractivity contribution < 1.29 is 0 Å². The minimum absolute atomic E-state index is 0.760. The average Bonchev–Trinajstić information content (AvgIpc) is 2.87. The van der Waals surface area contributed by atoms with E-state index in [9.17, 15) is 0 Å². The van der Waals surface area contributed by atoms with Crippen molar-refractivity contribution in [1.29, 1.82) is 0 Å². The van der Waals surface area contributed by atoms with Crippen LogP contribution in [0.3, 0.4) is 0 Å². The van der Waals surface area contributed by atoms with Gasteiger partial charge in [0.2, 0.25) is 0 Å². The highest BCUT2D eigenvalue weighted by Gasteiger charge is 2.40. The highest BCUT2D eigenvalue weighted by Crippen LogP contribution is 2.36. The van der Waals surface area contributed by atoms with Crippen LogP contribution in [0.2, 0.25) is 0 Å². The lowest BCUT2D eigenvalue weighted by molar-refractivity contribution is -0.00758. The highest BCUT2D eigenvalue weighted by molar-refractivity contribution is 4.96. The van der Waals surface area contributed by atoms with E-state index >= 15 is 0 Å². The van der Waals surface area contributed by atoms with Crippen molar-refractivity contribution in [3.63, 3.8) is 0 Å². The Hall–Kier alpha value is -0.120. The average molecular weight is 237 g/mol. The minimum atomic E-state index is 0.760. The fourth-order valence-corrected chi connectivity index (χ4v) is 4.47. The van der Waals surface area contributed by atoms with E-state index in [2.05, 4.69) is 16.8 Å². The summed E-state index contributed by atoms with van der Waals surface area (Å²) in [4.78, 5) is 5.37. The Morgan fingerprint density at radius 3 is 2.47 bits per heavy atom. The highest BCUT2D eigenvalue weighted by atomic mass is 15.3. The molecule has 4 rings (SSSR count). The van der Waals surface area contributed by atoms with E-state index < -0.39 is 0 Å². The standard InChI is InChI=1S/C14H27N3/c1-16(13-4-2-3-12(13)9-15)14-10-17-7-5-11(14)6-8-17/h11-14H,2-10,15H2,1H3. The number of nitrogens with two attached hydrogens (primary N) is 1. The SMILES string of the molecule is CN(C1CCCC1CN)C1CN2CCC1CC2. The summed E-state index contributed by atoms with van der Waals surface area (Å²) >= 11 is 0. The van der Waals surface area contributed by atoms with Gasteiger partial charge in [0.05, 0.1) is 0 Å². The first-order chi connectivity index (χ1) is 8.29. The number of nitrogens with zero attached hydrogens (tertiary/aromatic N) is 2. The molecule has 17 heavy (non-hydrogen) atoms. The Balaban J connectivity index is 1.67. The smallest absolute Gasteiger partial charge is 0.0252 e. The van der Waals surface area contributed by atoms with Crippen LogP contribution in [0, 0.1) is 11.8 Å². The van der Waals surface area contributed by atoms with Gasteiger partial charge in [0.15, 0.2) is 0 Å². The molecule has 2 N–H and O–H groups in total. The lowest BCUT2D eigenvalue weighted by Gasteiger charge is -2.50. The maximum Gasteiger partial charge on any atom is 0.0252 e. The van der Waals surface area contributed by atoms with Gasteiger partial charge in [-0.2, -0.15) is 0 Å². The minimum Gasteiger partial charge on any atom is -0.330 e. The second-order valence-electron chi connectivity index (χ2n) is 6.36. The van der Waals surface area contributed by atoms with Gasteiger partial charge >= 0.3 is 0 Å². The molecule has 3 aliphatic heterocycles. The van der Waals surface area contributed by atoms with Crippen LogP contribution in [0.15, 0.2) is 0 Å². The largest absolute Gasteiger partial charge is 0.330 e. The Kier molecular flexibility index (Phi) is 3.42. The van der Waals surface area contributed by atoms with Gasteiger partial charge in [0.25, 0.3) is 0 Å². The van der Waals surface area contributed by atoms with Crippen molar-refractivity contribution in [2.45, 2.75) is 44.2 Å². The van der Waals surface area contributed by atoms with Crippen LogP contribution in [-0.2, 0) is 0 Å². The molecule has 0 aromatic heterocycles. The zero-order valence-electron chi connectivity index (χ0n) is 11.1. The van der Waals surface area contributed by atoms with Gasteiger partial charge in [0, 0.05) is 18.6 Å². The molecular weight excluding hydrogens is 210 g/mol. The number of piperidine rings is 3. The fourth-order valence-electron chi connectivity index (χ4n) is 4.47. The summed E-state index contributed by atoms with van der Waals surface area (Å²) in [6.07, 6.45) is 6.97. The van der Waals surface area contributed by atoms with Gasteiger partial charge < -0.3 is 10.6 Å². The Labute approximate surface area is 105 Å². The molecule has 1 aliphatic carbocycles. The molecule has 0 spiro atoms. The van der Waals surface area contributed by atoms with Crippen molar-refractivity contribution in [2.24, 2.45) is 17.6 Å². The number of hydrogen-bond donors (Lipinski definition) is 1. The normalized spacial score (nSPS) is 45.7. The van der Waals surface area contributed by atoms with Gasteiger partial charge in [-0.05, 0) is 64.2 Å². The van der Waals surface area contributed by atoms with Gasteiger partial charge in [-0.3, -0.25) is 4.90 Å². The molecule has 3 atom stereocenters. The van der Waals surface area contributed by atoms with E-state index in [0.29, 0.717) is 0 Å². The number of fused-ring (bicyclic) bond motifs is 3. The van der Waals surface area contributed by atoms with Crippen LogP contribution < -0.4 is 5.73 Å². The predicted octanol–water partition coefficient (Wildman–Crippen LogP) is 1.14. The molecule has 0 amide bonds. The third-order valence-electron chi connectivity index (χ3n) is 5.59. The van der Waals surface area contributed by atoms with Gasteiger partial charge in [-0.25, -0.2) is 0 Å².